The molecule has 1 amide bonds. The van der Waals surface area contributed by atoms with Crippen molar-refractivity contribution in [2.24, 2.45) is 0 Å². The number of hydrogen-bond acceptors (Lipinski definition) is 4. The number of carbonyl (C=O) groups is 1. The van der Waals surface area contributed by atoms with E-state index in [0.29, 0.717) is 0 Å². The SMILES string of the molecule is O.O=C(NO)c1cnccn1.[Co]. The van der Waals surface area contributed by atoms with Gasteiger partial charge in [-0.25, -0.2) is 10.5 Å². The van der Waals surface area contributed by atoms with E-state index in [9.17, 15) is 4.79 Å². The molecule has 0 saturated heterocycles. The summed E-state index contributed by atoms with van der Waals surface area (Å²) in [7, 11) is 0. The molecule has 0 saturated carbocycles. The Labute approximate surface area is 78.5 Å². The van der Waals surface area contributed by atoms with Crippen LogP contribution in [0.5, 0.6) is 0 Å². The first-order chi connectivity index (χ1) is 4.84. The van der Waals surface area contributed by atoms with Crippen molar-refractivity contribution in [1.82, 2.24) is 15.4 Å². The molecule has 1 radical (unpaired) electrons. The Morgan fingerprint density at radius 3 is 2.58 bits per heavy atom. The minimum atomic E-state index is -0.659. The van der Waals surface area contributed by atoms with Crippen LogP contribution in [0.3, 0.4) is 0 Å². The second-order valence-electron chi connectivity index (χ2n) is 1.53. The van der Waals surface area contributed by atoms with Crippen LogP contribution in [-0.2, 0) is 16.8 Å². The van der Waals surface area contributed by atoms with Crippen LogP contribution < -0.4 is 5.48 Å². The largest absolute Gasteiger partial charge is 0.412 e. The van der Waals surface area contributed by atoms with Crippen molar-refractivity contribution >= 4 is 5.91 Å². The number of amides is 1. The third-order valence-corrected chi connectivity index (χ3v) is 0.897. The quantitative estimate of drug-likeness (QED) is 0.452. The standard InChI is InChI=1S/C5H5N3O2.Co.H2O/c9-5(8-10)4-3-6-1-2-7-4;;/h1-3,10H,(H,8,9);;1H2. The number of hydroxylamine groups is 1. The smallest absolute Gasteiger partial charge is 0.294 e. The van der Waals surface area contributed by atoms with Crippen LogP contribution in [0.1, 0.15) is 10.5 Å². The van der Waals surface area contributed by atoms with Gasteiger partial charge in [-0.15, -0.1) is 0 Å². The average molecular weight is 216 g/mol. The van der Waals surface area contributed by atoms with E-state index in [1.54, 1.807) is 0 Å². The molecule has 1 aromatic heterocycles. The summed E-state index contributed by atoms with van der Waals surface area (Å²) in [5, 5.41) is 8.12. The number of nitrogens with one attached hydrogen (secondary N) is 1. The first-order valence-electron chi connectivity index (χ1n) is 2.55. The predicted octanol–water partition coefficient (Wildman–Crippen LogP) is -1.23. The summed E-state index contributed by atoms with van der Waals surface area (Å²) in [4.78, 5) is 17.8. The summed E-state index contributed by atoms with van der Waals surface area (Å²) >= 11 is 0. The Morgan fingerprint density at radius 2 is 2.17 bits per heavy atom. The molecule has 0 unspecified atom stereocenters. The summed E-state index contributed by atoms with van der Waals surface area (Å²) in [5.74, 6) is -0.659. The van der Waals surface area contributed by atoms with Crippen molar-refractivity contribution in [3.63, 3.8) is 0 Å². The van der Waals surface area contributed by atoms with Gasteiger partial charge in [-0.05, 0) is 0 Å². The van der Waals surface area contributed by atoms with Crippen molar-refractivity contribution in [3.8, 4) is 0 Å². The topological polar surface area (TPSA) is 107 Å². The van der Waals surface area contributed by atoms with E-state index in [4.69, 9.17) is 5.21 Å². The van der Waals surface area contributed by atoms with Crippen molar-refractivity contribution in [2.75, 3.05) is 0 Å². The molecule has 0 aromatic carbocycles. The van der Waals surface area contributed by atoms with Gasteiger partial charge in [-0.3, -0.25) is 15.0 Å². The van der Waals surface area contributed by atoms with E-state index in [1.165, 1.54) is 24.1 Å². The van der Waals surface area contributed by atoms with Crippen LogP contribution in [0, 0.1) is 0 Å². The van der Waals surface area contributed by atoms with E-state index in [0.717, 1.165) is 0 Å². The Morgan fingerprint density at radius 1 is 1.50 bits per heavy atom. The van der Waals surface area contributed by atoms with E-state index in [-0.39, 0.29) is 27.9 Å². The molecule has 12 heavy (non-hydrogen) atoms. The number of nitrogens with zero attached hydrogens (tertiary/aromatic N) is 2. The van der Waals surface area contributed by atoms with Gasteiger partial charge in [0.15, 0.2) is 0 Å². The monoisotopic (exact) mass is 216 g/mol. The summed E-state index contributed by atoms with van der Waals surface area (Å²) < 4.78 is 0. The van der Waals surface area contributed by atoms with Crippen LogP contribution in [0.4, 0.5) is 0 Å². The maximum Gasteiger partial charge on any atom is 0.294 e. The van der Waals surface area contributed by atoms with Crippen molar-refractivity contribution in [2.45, 2.75) is 0 Å². The molecule has 0 fully saturated rings. The second kappa shape index (κ2) is 6.67. The molecule has 4 N–H and O–H groups in total. The minimum absolute atomic E-state index is 0. The van der Waals surface area contributed by atoms with Gasteiger partial charge in [0, 0.05) is 29.2 Å². The molecule has 0 aliphatic carbocycles. The third-order valence-electron chi connectivity index (χ3n) is 0.897. The Balaban J connectivity index is 0. The number of hydrogen-bond donors (Lipinski definition) is 2. The summed E-state index contributed by atoms with van der Waals surface area (Å²) in [5.41, 5.74) is 1.53. The van der Waals surface area contributed by atoms with E-state index in [1.807, 2.05) is 0 Å². The van der Waals surface area contributed by atoms with E-state index >= 15 is 0 Å². The zero-order chi connectivity index (χ0) is 7.40. The fourth-order valence-corrected chi connectivity index (χ4v) is 0.474. The fourth-order valence-electron chi connectivity index (χ4n) is 0.474. The molecule has 69 valence electrons. The summed E-state index contributed by atoms with van der Waals surface area (Å²) in [6.45, 7) is 0. The van der Waals surface area contributed by atoms with Gasteiger partial charge >= 0.3 is 0 Å². The van der Waals surface area contributed by atoms with Crippen molar-refractivity contribution < 1.29 is 32.3 Å². The molecular formula is C5H7CoN3O3. The normalized spacial score (nSPS) is 7.42. The van der Waals surface area contributed by atoms with Crippen LogP contribution in [0.2, 0.25) is 0 Å². The van der Waals surface area contributed by atoms with Gasteiger partial charge in [0.1, 0.15) is 5.69 Å². The van der Waals surface area contributed by atoms with E-state index < -0.39 is 5.91 Å². The molecule has 0 atom stereocenters. The van der Waals surface area contributed by atoms with Crippen molar-refractivity contribution in [1.29, 1.82) is 0 Å². The maximum absolute atomic E-state index is 10.5. The molecule has 7 heteroatoms. The van der Waals surface area contributed by atoms with Gasteiger partial charge in [0.2, 0.25) is 0 Å². The molecule has 0 bridgehead atoms. The predicted molar refractivity (Wildman–Crippen MR) is 34.9 cm³/mol. The maximum atomic E-state index is 10.5. The van der Waals surface area contributed by atoms with Crippen LogP contribution in [0.25, 0.3) is 0 Å². The summed E-state index contributed by atoms with van der Waals surface area (Å²) in [6, 6.07) is 0. The number of rotatable bonds is 1. The van der Waals surface area contributed by atoms with Gasteiger partial charge in [0.25, 0.3) is 5.91 Å². The van der Waals surface area contributed by atoms with Gasteiger partial charge in [0.05, 0.1) is 6.20 Å². The Kier molecular flexibility index (Phi) is 7.54. The first kappa shape index (κ1) is 13.6. The van der Waals surface area contributed by atoms with Crippen LogP contribution in [0.15, 0.2) is 18.6 Å². The molecule has 0 aliphatic rings. The molecule has 0 aliphatic heterocycles. The third kappa shape index (κ3) is 3.39. The van der Waals surface area contributed by atoms with Gasteiger partial charge in [-0.1, -0.05) is 0 Å². The van der Waals surface area contributed by atoms with Crippen LogP contribution in [-0.4, -0.2) is 26.6 Å². The van der Waals surface area contributed by atoms with Gasteiger partial charge < -0.3 is 5.48 Å². The fraction of sp³-hybridized carbons (Fsp3) is 0. The molecule has 0 spiro atoms. The van der Waals surface area contributed by atoms with E-state index in [2.05, 4.69) is 9.97 Å². The summed E-state index contributed by atoms with van der Waals surface area (Å²) in [6.07, 6.45) is 4.06. The first-order valence-corrected chi connectivity index (χ1v) is 2.55. The molecule has 1 rings (SSSR count). The molecule has 1 aromatic rings. The zero-order valence-corrected chi connectivity index (χ0v) is 6.86. The number of carbonyl (C=O) groups excluding carboxylic acids is 1. The molecule has 6 nitrogen and oxygen atoms in total. The Bertz CT molecular complexity index is 231. The van der Waals surface area contributed by atoms with Gasteiger partial charge in [-0.2, -0.15) is 0 Å². The molecule has 1 heterocycles. The second-order valence-corrected chi connectivity index (χ2v) is 1.53. The minimum Gasteiger partial charge on any atom is -0.412 e. The number of aromatic nitrogens is 2. The zero-order valence-electron chi connectivity index (χ0n) is 5.82. The van der Waals surface area contributed by atoms with Crippen LogP contribution >= 0.6 is 0 Å². The average Bonchev–Trinajstić information content (AvgIpc) is 2.05. The molecular weight excluding hydrogens is 209 g/mol. The Hall–Kier alpha value is -1.02. The van der Waals surface area contributed by atoms with Crippen molar-refractivity contribution in [3.05, 3.63) is 24.3 Å².